The number of imidazole rings is 1. The fourth-order valence-electron chi connectivity index (χ4n) is 2.08. The first-order valence-corrected chi connectivity index (χ1v) is 5.49. The molecule has 10 nitrogen and oxygen atoms in total. The van der Waals surface area contributed by atoms with Crippen LogP contribution in [-0.2, 0) is 4.74 Å². The number of hydrogen-bond donors (Lipinski definition) is 2. The fourth-order valence-corrected chi connectivity index (χ4v) is 2.08. The van der Waals surface area contributed by atoms with Gasteiger partial charge in [-0.05, 0) is 5.53 Å². The minimum absolute atomic E-state index is 0.0780. The van der Waals surface area contributed by atoms with Gasteiger partial charge in [0.15, 0.2) is 11.5 Å². The van der Waals surface area contributed by atoms with E-state index in [1.165, 1.54) is 12.7 Å². The van der Waals surface area contributed by atoms with Gasteiger partial charge in [-0.25, -0.2) is 15.0 Å². The molecule has 0 radical (unpaired) electrons. The Labute approximate surface area is 106 Å². The highest BCUT2D eigenvalue weighted by molar-refractivity contribution is 5.81. The van der Waals surface area contributed by atoms with Crippen LogP contribution in [0.2, 0.25) is 0 Å². The van der Waals surface area contributed by atoms with Crippen molar-refractivity contribution in [2.24, 2.45) is 5.11 Å². The lowest BCUT2D eigenvalue weighted by molar-refractivity contribution is 0.0466. The van der Waals surface area contributed by atoms with Gasteiger partial charge in [0.2, 0.25) is 0 Å². The highest BCUT2D eigenvalue weighted by Crippen LogP contribution is 2.30. The molecule has 3 atom stereocenters. The minimum atomic E-state index is -0.863. The van der Waals surface area contributed by atoms with Crippen molar-refractivity contribution in [2.45, 2.75) is 18.4 Å². The normalized spacial score (nSPS) is 26.5. The molecule has 2 aromatic heterocycles. The van der Waals surface area contributed by atoms with Gasteiger partial charge in [0.25, 0.3) is 0 Å². The third-order valence-corrected chi connectivity index (χ3v) is 2.97. The van der Waals surface area contributed by atoms with E-state index >= 15 is 0 Å². The summed E-state index contributed by atoms with van der Waals surface area (Å²) in [6.07, 6.45) is 1.25. The molecule has 0 amide bonds. The molecule has 0 spiro atoms. The van der Waals surface area contributed by atoms with Crippen LogP contribution >= 0.6 is 0 Å². The van der Waals surface area contributed by atoms with Crippen LogP contribution in [-0.4, -0.2) is 43.4 Å². The number of fused-ring (bicyclic) bond motifs is 1. The molecule has 0 aliphatic carbocycles. The monoisotopic (exact) mass is 262 g/mol. The van der Waals surface area contributed by atoms with Crippen molar-refractivity contribution < 1.29 is 9.84 Å². The molecule has 10 heteroatoms. The molecule has 3 N–H and O–H groups in total. The lowest BCUT2D eigenvalue weighted by atomic mass is 10.2. The molecule has 1 saturated heterocycles. The van der Waals surface area contributed by atoms with Crippen LogP contribution in [0.25, 0.3) is 21.6 Å². The van der Waals surface area contributed by atoms with Gasteiger partial charge in [-0.2, -0.15) is 0 Å². The molecular formula is C9H10N8O2. The Kier molecular flexibility index (Phi) is 2.67. The summed E-state index contributed by atoms with van der Waals surface area (Å²) in [5, 5.41) is 13.3. The molecule has 1 aliphatic rings. The van der Waals surface area contributed by atoms with Crippen LogP contribution in [0.5, 0.6) is 0 Å². The second-order valence-electron chi connectivity index (χ2n) is 4.07. The van der Waals surface area contributed by atoms with Crippen LogP contribution in [0.15, 0.2) is 17.8 Å². The zero-order valence-electron chi connectivity index (χ0n) is 9.66. The number of nitrogens with zero attached hydrogens (tertiary/aromatic N) is 7. The number of rotatable bonds is 2. The van der Waals surface area contributed by atoms with Gasteiger partial charge in [-0.1, -0.05) is 5.11 Å². The topological polar surface area (TPSA) is 148 Å². The zero-order chi connectivity index (χ0) is 13.4. The molecule has 0 unspecified atom stereocenters. The first-order chi connectivity index (χ1) is 9.22. The summed E-state index contributed by atoms with van der Waals surface area (Å²) in [4.78, 5) is 14.7. The number of nitrogen functional groups attached to an aromatic ring is 1. The number of anilines is 1. The third kappa shape index (κ3) is 1.74. The molecule has 1 fully saturated rings. The number of azide groups is 1. The van der Waals surface area contributed by atoms with Crippen LogP contribution < -0.4 is 5.73 Å². The van der Waals surface area contributed by atoms with Gasteiger partial charge in [0, 0.05) is 4.91 Å². The van der Waals surface area contributed by atoms with Crippen molar-refractivity contribution in [1.82, 2.24) is 19.5 Å². The Morgan fingerprint density at radius 1 is 1.53 bits per heavy atom. The summed E-state index contributed by atoms with van der Waals surface area (Å²) in [5.74, 6) is 0.252. The number of nitrogens with two attached hydrogens (primary N) is 1. The highest BCUT2D eigenvalue weighted by atomic mass is 16.5. The van der Waals surface area contributed by atoms with Crippen LogP contribution in [0.4, 0.5) is 5.82 Å². The SMILES string of the molecule is [N-]=[N+]=N[C@@H]1[C@H](O)CO[C@H]1n1cnc2c(N)ncnc21. The van der Waals surface area contributed by atoms with E-state index in [1.54, 1.807) is 4.57 Å². The van der Waals surface area contributed by atoms with Crippen molar-refractivity contribution in [1.29, 1.82) is 0 Å². The van der Waals surface area contributed by atoms with E-state index in [4.69, 9.17) is 16.0 Å². The van der Waals surface area contributed by atoms with Gasteiger partial charge in [-0.15, -0.1) is 0 Å². The van der Waals surface area contributed by atoms with E-state index in [0.29, 0.717) is 11.2 Å². The Balaban J connectivity index is 2.09. The maximum Gasteiger partial charge on any atom is 0.167 e. The quantitative estimate of drug-likeness (QED) is 0.441. The summed E-state index contributed by atoms with van der Waals surface area (Å²) in [6.45, 7) is 0.0780. The van der Waals surface area contributed by atoms with E-state index in [0.717, 1.165) is 0 Å². The summed E-state index contributed by atoms with van der Waals surface area (Å²) < 4.78 is 7.00. The molecule has 0 bridgehead atoms. The predicted molar refractivity (Wildman–Crippen MR) is 63.7 cm³/mol. The van der Waals surface area contributed by atoms with E-state index < -0.39 is 18.4 Å². The predicted octanol–water partition coefficient (Wildman–Crippen LogP) is -0.0229. The van der Waals surface area contributed by atoms with Crippen molar-refractivity contribution in [3.05, 3.63) is 23.1 Å². The molecule has 19 heavy (non-hydrogen) atoms. The Hall–Kier alpha value is -2.42. The van der Waals surface area contributed by atoms with Crippen molar-refractivity contribution in [2.75, 3.05) is 12.3 Å². The zero-order valence-corrected chi connectivity index (χ0v) is 9.66. The number of hydrogen-bond acceptors (Lipinski definition) is 7. The molecular weight excluding hydrogens is 252 g/mol. The second-order valence-corrected chi connectivity index (χ2v) is 4.07. The van der Waals surface area contributed by atoms with Crippen LogP contribution in [0.1, 0.15) is 6.23 Å². The van der Waals surface area contributed by atoms with Crippen LogP contribution in [0.3, 0.4) is 0 Å². The molecule has 0 saturated carbocycles. The molecule has 0 aromatic carbocycles. The van der Waals surface area contributed by atoms with Crippen molar-refractivity contribution >= 4 is 17.0 Å². The summed E-state index contributed by atoms with van der Waals surface area (Å²) in [5.41, 5.74) is 15.1. The van der Waals surface area contributed by atoms with Gasteiger partial charge >= 0.3 is 0 Å². The molecule has 2 aromatic rings. The first kappa shape index (κ1) is 11.7. The Morgan fingerprint density at radius 3 is 3.16 bits per heavy atom. The van der Waals surface area contributed by atoms with Gasteiger partial charge in [-0.3, -0.25) is 4.57 Å². The summed E-state index contributed by atoms with van der Waals surface area (Å²) in [7, 11) is 0. The largest absolute Gasteiger partial charge is 0.390 e. The third-order valence-electron chi connectivity index (χ3n) is 2.97. The maximum absolute atomic E-state index is 9.73. The summed E-state index contributed by atoms with van der Waals surface area (Å²) >= 11 is 0. The van der Waals surface area contributed by atoms with Crippen molar-refractivity contribution in [3.8, 4) is 0 Å². The summed E-state index contributed by atoms with van der Waals surface area (Å²) in [6, 6.07) is -0.737. The van der Waals surface area contributed by atoms with Gasteiger partial charge in [0.1, 0.15) is 24.1 Å². The van der Waals surface area contributed by atoms with E-state index in [2.05, 4.69) is 25.0 Å². The first-order valence-electron chi connectivity index (χ1n) is 5.49. The van der Waals surface area contributed by atoms with E-state index in [-0.39, 0.29) is 12.4 Å². The van der Waals surface area contributed by atoms with Crippen LogP contribution in [0, 0.1) is 0 Å². The fraction of sp³-hybridized carbons (Fsp3) is 0.444. The lowest BCUT2D eigenvalue weighted by Gasteiger charge is -2.16. The highest BCUT2D eigenvalue weighted by Gasteiger charge is 2.37. The number of aliphatic hydroxyl groups is 1. The van der Waals surface area contributed by atoms with E-state index in [9.17, 15) is 5.11 Å². The molecule has 98 valence electrons. The smallest absolute Gasteiger partial charge is 0.167 e. The number of aliphatic hydroxyl groups excluding tert-OH is 1. The average Bonchev–Trinajstić information content (AvgIpc) is 2.96. The molecule has 3 rings (SSSR count). The van der Waals surface area contributed by atoms with E-state index in [1.807, 2.05) is 0 Å². The Morgan fingerprint density at radius 2 is 2.37 bits per heavy atom. The van der Waals surface area contributed by atoms with Gasteiger partial charge < -0.3 is 15.6 Å². The molecule has 3 heterocycles. The van der Waals surface area contributed by atoms with Gasteiger partial charge in [0.05, 0.1) is 19.0 Å². The standard InChI is InChI=1S/C9H10N8O2/c10-7-6-8(13-2-12-7)17(3-14-6)9-5(15-16-11)4(18)1-19-9/h2-5,9,18H,1H2,(H2,10,12,13)/t4-,5-,9-/m1/s1. The molecule has 1 aliphatic heterocycles. The second kappa shape index (κ2) is 4.35. The maximum atomic E-state index is 9.73. The number of aromatic nitrogens is 4. The Bertz CT molecular complexity index is 663. The van der Waals surface area contributed by atoms with Crippen molar-refractivity contribution in [3.63, 3.8) is 0 Å². The minimum Gasteiger partial charge on any atom is -0.390 e. The lowest BCUT2D eigenvalue weighted by Crippen LogP contribution is -2.26. The number of ether oxygens (including phenoxy) is 1. The average molecular weight is 262 g/mol.